The summed E-state index contributed by atoms with van der Waals surface area (Å²) in [6.07, 6.45) is 1.98. The lowest BCUT2D eigenvalue weighted by Crippen LogP contribution is -2.16. The average molecular weight is 284 g/mol. The fourth-order valence-corrected chi connectivity index (χ4v) is 2.80. The molecule has 0 heterocycles. The number of ketones is 1. The van der Waals surface area contributed by atoms with Crippen molar-refractivity contribution in [3.63, 3.8) is 0 Å². The van der Waals surface area contributed by atoms with Gasteiger partial charge in [-0.2, -0.15) is 13.2 Å². The van der Waals surface area contributed by atoms with E-state index >= 15 is 0 Å². The zero-order valence-electron chi connectivity index (χ0n) is 11.4. The molecular formula is C16H19F3O. The second-order valence-corrected chi connectivity index (χ2v) is 5.53. The quantitative estimate of drug-likeness (QED) is 0.729. The molecule has 0 radical (unpaired) electrons. The summed E-state index contributed by atoms with van der Waals surface area (Å²) >= 11 is 0. The van der Waals surface area contributed by atoms with Crippen molar-refractivity contribution in [2.24, 2.45) is 5.92 Å². The van der Waals surface area contributed by atoms with Crippen LogP contribution < -0.4 is 0 Å². The molecule has 0 aliphatic heterocycles. The van der Waals surface area contributed by atoms with Crippen molar-refractivity contribution in [1.82, 2.24) is 0 Å². The van der Waals surface area contributed by atoms with Crippen molar-refractivity contribution in [3.05, 3.63) is 35.4 Å². The van der Waals surface area contributed by atoms with Crippen molar-refractivity contribution in [1.29, 1.82) is 0 Å². The Morgan fingerprint density at radius 3 is 2.35 bits per heavy atom. The molecule has 0 aromatic heterocycles. The van der Waals surface area contributed by atoms with Crippen LogP contribution in [0.1, 0.15) is 49.7 Å². The normalized spacial score (nSPS) is 17.8. The summed E-state index contributed by atoms with van der Waals surface area (Å²) in [5, 5.41) is 0. The highest BCUT2D eigenvalue weighted by Gasteiger charge is 2.30. The van der Waals surface area contributed by atoms with E-state index in [1.807, 2.05) is 0 Å². The smallest absolute Gasteiger partial charge is 0.299 e. The summed E-state index contributed by atoms with van der Waals surface area (Å²) in [5.74, 6) is 0.123. The lowest BCUT2D eigenvalue weighted by atomic mass is 9.91. The topological polar surface area (TPSA) is 17.1 Å². The monoisotopic (exact) mass is 284 g/mol. The first-order valence-electron chi connectivity index (χ1n) is 7.15. The number of hydrogen-bond donors (Lipinski definition) is 0. The molecule has 0 amide bonds. The van der Waals surface area contributed by atoms with Gasteiger partial charge in [-0.05, 0) is 24.5 Å². The molecule has 4 heteroatoms. The first kappa shape index (κ1) is 15.1. The molecule has 2 rings (SSSR count). The molecule has 0 bridgehead atoms. The number of carbonyl (C=O) groups is 1. The molecule has 110 valence electrons. The Morgan fingerprint density at radius 1 is 1.10 bits per heavy atom. The molecule has 1 aliphatic rings. The first-order chi connectivity index (χ1) is 9.47. The zero-order valence-corrected chi connectivity index (χ0v) is 11.4. The third kappa shape index (κ3) is 4.09. The predicted octanol–water partition coefficient (Wildman–Crippen LogP) is 4.79. The number of alkyl halides is 3. The number of benzene rings is 1. The van der Waals surface area contributed by atoms with Crippen LogP contribution in [0.3, 0.4) is 0 Å². The van der Waals surface area contributed by atoms with E-state index in [9.17, 15) is 18.0 Å². The Morgan fingerprint density at radius 2 is 1.75 bits per heavy atom. The molecule has 1 saturated carbocycles. The largest absolute Gasteiger partial charge is 0.416 e. The van der Waals surface area contributed by atoms with Gasteiger partial charge in [0, 0.05) is 12.3 Å². The Bertz CT molecular complexity index is 457. The highest BCUT2D eigenvalue weighted by molar-refractivity contribution is 5.83. The second kappa shape index (κ2) is 6.42. The average Bonchev–Trinajstić information content (AvgIpc) is 2.67. The minimum Gasteiger partial charge on any atom is -0.299 e. The van der Waals surface area contributed by atoms with Gasteiger partial charge in [0.05, 0.1) is 5.56 Å². The summed E-state index contributed by atoms with van der Waals surface area (Å²) in [6, 6.07) is 5.11. The predicted molar refractivity (Wildman–Crippen MR) is 71.3 cm³/mol. The van der Waals surface area contributed by atoms with Crippen molar-refractivity contribution in [3.8, 4) is 0 Å². The molecular weight excluding hydrogens is 265 g/mol. The summed E-state index contributed by atoms with van der Waals surface area (Å²) in [7, 11) is 0. The van der Waals surface area contributed by atoms with Crippen LogP contribution in [0.2, 0.25) is 0 Å². The van der Waals surface area contributed by atoms with Crippen LogP contribution in [0.5, 0.6) is 0 Å². The lowest BCUT2D eigenvalue weighted by molar-refractivity contribution is -0.137. The van der Waals surface area contributed by atoms with Gasteiger partial charge in [-0.15, -0.1) is 0 Å². The van der Waals surface area contributed by atoms with Crippen LogP contribution in [0.25, 0.3) is 0 Å². The number of halogens is 3. The number of rotatable bonds is 3. The molecule has 0 N–H and O–H groups in total. The fraction of sp³-hybridized carbons (Fsp3) is 0.562. The molecule has 0 unspecified atom stereocenters. The van der Waals surface area contributed by atoms with E-state index in [2.05, 4.69) is 0 Å². The summed E-state index contributed by atoms with van der Waals surface area (Å²) < 4.78 is 37.9. The third-order valence-corrected chi connectivity index (χ3v) is 3.94. The molecule has 0 saturated heterocycles. The van der Waals surface area contributed by atoms with Crippen LogP contribution in [0.15, 0.2) is 24.3 Å². The number of carbonyl (C=O) groups excluding carboxylic acids is 1. The first-order valence-corrected chi connectivity index (χ1v) is 7.15. The summed E-state index contributed by atoms with van der Waals surface area (Å²) in [5.41, 5.74) is -0.210. The van der Waals surface area contributed by atoms with Crippen LogP contribution in [-0.4, -0.2) is 5.78 Å². The van der Waals surface area contributed by atoms with E-state index in [-0.39, 0.29) is 18.1 Å². The highest BCUT2D eigenvalue weighted by atomic mass is 19.4. The van der Waals surface area contributed by atoms with Crippen molar-refractivity contribution < 1.29 is 18.0 Å². The van der Waals surface area contributed by atoms with Gasteiger partial charge >= 0.3 is 6.18 Å². The Kier molecular flexibility index (Phi) is 4.84. The van der Waals surface area contributed by atoms with Gasteiger partial charge < -0.3 is 0 Å². The standard InChI is InChI=1S/C16H19F3O/c17-16(18,19)14-9-5-6-12(10-14)11-15(20)13-7-3-1-2-4-8-13/h5-6,9-10,13H,1-4,7-8,11H2. The third-order valence-electron chi connectivity index (χ3n) is 3.94. The van der Waals surface area contributed by atoms with Gasteiger partial charge in [0.2, 0.25) is 0 Å². The van der Waals surface area contributed by atoms with Crippen molar-refractivity contribution in [2.75, 3.05) is 0 Å². The van der Waals surface area contributed by atoms with E-state index in [4.69, 9.17) is 0 Å². The molecule has 1 fully saturated rings. The van der Waals surface area contributed by atoms with Crippen LogP contribution in [-0.2, 0) is 17.4 Å². The fourth-order valence-electron chi connectivity index (χ4n) is 2.80. The Labute approximate surface area is 117 Å². The maximum Gasteiger partial charge on any atom is 0.416 e. The summed E-state index contributed by atoms with van der Waals surface area (Å²) in [4.78, 5) is 12.2. The van der Waals surface area contributed by atoms with E-state index in [1.165, 1.54) is 6.07 Å². The molecule has 20 heavy (non-hydrogen) atoms. The van der Waals surface area contributed by atoms with Gasteiger partial charge in [0.25, 0.3) is 0 Å². The SMILES string of the molecule is O=C(Cc1cccc(C(F)(F)F)c1)C1CCCCCC1. The minimum absolute atomic E-state index is 0.0343. The zero-order chi connectivity index (χ0) is 14.6. The van der Waals surface area contributed by atoms with Gasteiger partial charge in [-0.3, -0.25) is 4.79 Å². The molecule has 0 spiro atoms. The number of hydrogen-bond acceptors (Lipinski definition) is 1. The Balaban J connectivity index is 2.03. The van der Waals surface area contributed by atoms with E-state index in [1.54, 1.807) is 6.07 Å². The van der Waals surface area contributed by atoms with Crippen LogP contribution in [0, 0.1) is 5.92 Å². The molecule has 1 nitrogen and oxygen atoms in total. The summed E-state index contributed by atoms with van der Waals surface area (Å²) in [6.45, 7) is 0. The van der Waals surface area contributed by atoms with Crippen molar-refractivity contribution >= 4 is 5.78 Å². The second-order valence-electron chi connectivity index (χ2n) is 5.53. The Hall–Kier alpha value is -1.32. The maximum atomic E-state index is 12.6. The van der Waals surface area contributed by atoms with Gasteiger partial charge in [0.1, 0.15) is 5.78 Å². The van der Waals surface area contributed by atoms with Crippen molar-refractivity contribution in [2.45, 2.75) is 51.1 Å². The van der Waals surface area contributed by atoms with Gasteiger partial charge in [-0.1, -0.05) is 43.9 Å². The van der Waals surface area contributed by atoms with Crippen LogP contribution >= 0.6 is 0 Å². The number of Topliss-reactive ketones (excluding diaryl/α,β-unsaturated/α-hetero) is 1. The van der Waals surface area contributed by atoms with Gasteiger partial charge in [0.15, 0.2) is 0 Å². The molecule has 1 aliphatic carbocycles. The van der Waals surface area contributed by atoms with Gasteiger partial charge in [-0.25, -0.2) is 0 Å². The molecule has 1 aromatic carbocycles. The lowest BCUT2D eigenvalue weighted by Gasteiger charge is -2.13. The van der Waals surface area contributed by atoms with E-state index < -0.39 is 11.7 Å². The van der Waals surface area contributed by atoms with Crippen LogP contribution in [0.4, 0.5) is 13.2 Å². The molecule has 1 aromatic rings. The maximum absolute atomic E-state index is 12.6. The minimum atomic E-state index is -4.35. The van der Waals surface area contributed by atoms with E-state index in [0.29, 0.717) is 5.56 Å². The van der Waals surface area contributed by atoms with E-state index in [0.717, 1.165) is 50.7 Å². The highest BCUT2D eigenvalue weighted by Crippen LogP contribution is 2.30. The molecule has 0 atom stereocenters.